The van der Waals surface area contributed by atoms with Gasteiger partial charge in [0.25, 0.3) is 5.91 Å². The van der Waals surface area contributed by atoms with Crippen LogP contribution in [0.15, 0.2) is 6.07 Å². The van der Waals surface area contributed by atoms with Crippen molar-refractivity contribution in [1.29, 1.82) is 0 Å². The Morgan fingerprint density at radius 3 is 2.71 bits per heavy atom. The van der Waals surface area contributed by atoms with E-state index in [0.717, 1.165) is 0 Å². The second-order valence-corrected chi connectivity index (χ2v) is 7.37. The van der Waals surface area contributed by atoms with Crippen molar-refractivity contribution in [2.75, 3.05) is 18.1 Å². The molecule has 1 saturated heterocycles. The number of hydrogen-bond donors (Lipinski definition) is 2. The number of aryl methyl sites for hydroxylation is 2. The minimum absolute atomic E-state index is 0.0341. The number of rotatable bonds is 4. The lowest BCUT2D eigenvalue weighted by molar-refractivity contribution is -0.120. The maximum absolute atomic E-state index is 11.9. The van der Waals surface area contributed by atoms with Crippen LogP contribution in [0.3, 0.4) is 0 Å². The maximum Gasteiger partial charge on any atom is 0.269 e. The number of nitrogens with zero attached hydrogens (tertiary/aromatic N) is 2. The maximum atomic E-state index is 11.9. The van der Waals surface area contributed by atoms with Crippen LogP contribution in [0.1, 0.15) is 22.6 Å². The quantitative estimate of drug-likeness (QED) is 0.722. The molecule has 0 radical (unpaired) electrons. The van der Waals surface area contributed by atoms with E-state index in [1.165, 1.54) is 4.68 Å². The summed E-state index contributed by atoms with van der Waals surface area (Å²) in [5.41, 5.74) is 1.08. The molecule has 1 aliphatic heterocycles. The molecule has 8 nitrogen and oxygen atoms in total. The van der Waals surface area contributed by atoms with Gasteiger partial charge >= 0.3 is 0 Å². The van der Waals surface area contributed by atoms with E-state index >= 15 is 0 Å². The summed E-state index contributed by atoms with van der Waals surface area (Å²) < 4.78 is 24.0. The van der Waals surface area contributed by atoms with Gasteiger partial charge in [-0.1, -0.05) is 0 Å². The molecule has 9 heteroatoms. The lowest BCUT2D eigenvalue weighted by atomic mass is 10.2. The van der Waals surface area contributed by atoms with E-state index in [9.17, 15) is 18.0 Å². The highest BCUT2D eigenvalue weighted by molar-refractivity contribution is 7.91. The Morgan fingerprint density at radius 2 is 2.19 bits per heavy atom. The average Bonchev–Trinajstić information content (AvgIpc) is 2.88. The minimum Gasteiger partial charge on any atom is -0.351 e. The Kier molecular flexibility index (Phi) is 4.31. The minimum atomic E-state index is -3.03. The van der Waals surface area contributed by atoms with Crippen molar-refractivity contribution < 1.29 is 18.0 Å². The number of hydrogen-bond acceptors (Lipinski definition) is 5. The second-order valence-electron chi connectivity index (χ2n) is 5.14. The fraction of sp³-hybridized carbons (Fsp3) is 0.583. The molecule has 0 aliphatic carbocycles. The second kappa shape index (κ2) is 5.84. The zero-order valence-electron chi connectivity index (χ0n) is 11.9. The van der Waals surface area contributed by atoms with Crippen molar-refractivity contribution in [1.82, 2.24) is 20.4 Å². The van der Waals surface area contributed by atoms with Crippen LogP contribution in [-0.4, -0.2) is 54.1 Å². The molecule has 1 unspecified atom stereocenters. The van der Waals surface area contributed by atoms with Crippen molar-refractivity contribution in [3.63, 3.8) is 0 Å². The standard InChI is InChI=1S/C12H18N4O4S/c1-8-5-10(16(2)15-8)12(18)13-6-11(17)14-9-3-4-21(19,20)7-9/h5,9H,3-4,6-7H2,1-2H3,(H,13,18)(H,14,17). The van der Waals surface area contributed by atoms with E-state index in [4.69, 9.17) is 0 Å². The molecule has 0 aromatic carbocycles. The Hall–Kier alpha value is -1.90. The van der Waals surface area contributed by atoms with Gasteiger partial charge in [0.05, 0.1) is 23.7 Å². The Balaban J connectivity index is 1.82. The lowest BCUT2D eigenvalue weighted by Gasteiger charge is -2.11. The molecule has 0 saturated carbocycles. The summed E-state index contributed by atoms with van der Waals surface area (Å²) in [6.45, 7) is 1.57. The highest BCUT2D eigenvalue weighted by Gasteiger charge is 2.28. The third-order valence-corrected chi connectivity index (χ3v) is 5.01. The third kappa shape index (κ3) is 4.03. The molecular weight excluding hydrogens is 296 g/mol. The molecule has 1 fully saturated rings. The smallest absolute Gasteiger partial charge is 0.269 e. The number of carbonyl (C=O) groups is 2. The Bertz CT molecular complexity index is 665. The van der Waals surface area contributed by atoms with Crippen molar-refractivity contribution in [3.8, 4) is 0 Å². The number of carbonyl (C=O) groups excluding carboxylic acids is 2. The summed E-state index contributed by atoms with van der Waals surface area (Å²) >= 11 is 0. The van der Waals surface area contributed by atoms with Crippen molar-refractivity contribution >= 4 is 21.7 Å². The van der Waals surface area contributed by atoms with Gasteiger partial charge in [0, 0.05) is 13.1 Å². The molecule has 0 bridgehead atoms. The molecule has 2 N–H and O–H groups in total. The summed E-state index contributed by atoms with van der Waals surface area (Å²) in [4.78, 5) is 23.6. The number of aromatic nitrogens is 2. The predicted molar refractivity (Wildman–Crippen MR) is 75.5 cm³/mol. The number of nitrogens with one attached hydrogen (secondary N) is 2. The van der Waals surface area contributed by atoms with E-state index in [-0.39, 0.29) is 24.1 Å². The van der Waals surface area contributed by atoms with Gasteiger partial charge < -0.3 is 10.6 Å². The first-order valence-electron chi connectivity index (χ1n) is 6.55. The van der Waals surface area contributed by atoms with Gasteiger partial charge in [0.1, 0.15) is 5.69 Å². The van der Waals surface area contributed by atoms with Crippen LogP contribution >= 0.6 is 0 Å². The Labute approximate surface area is 122 Å². The molecule has 116 valence electrons. The van der Waals surface area contributed by atoms with Crippen molar-refractivity contribution in [2.45, 2.75) is 19.4 Å². The van der Waals surface area contributed by atoms with Crippen LogP contribution < -0.4 is 10.6 Å². The number of sulfone groups is 1. The van der Waals surface area contributed by atoms with Gasteiger partial charge in [0.2, 0.25) is 5.91 Å². The first kappa shape index (κ1) is 15.5. The van der Waals surface area contributed by atoms with Crippen molar-refractivity contribution in [2.24, 2.45) is 7.05 Å². The van der Waals surface area contributed by atoms with Crippen LogP contribution in [-0.2, 0) is 21.7 Å². The summed E-state index contributed by atoms with van der Waals surface area (Å²) in [6.07, 6.45) is 0.420. The van der Waals surface area contributed by atoms with Gasteiger partial charge in [-0.3, -0.25) is 14.3 Å². The topological polar surface area (TPSA) is 110 Å². The highest BCUT2D eigenvalue weighted by Crippen LogP contribution is 2.10. The zero-order valence-corrected chi connectivity index (χ0v) is 12.7. The lowest BCUT2D eigenvalue weighted by Crippen LogP contribution is -2.42. The van der Waals surface area contributed by atoms with E-state index in [1.54, 1.807) is 20.0 Å². The SMILES string of the molecule is Cc1cc(C(=O)NCC(=O)NC2CCS(=O)(=O)C2)n(C)n1. The highest BCUT2D eigenvalue weighted by atomic mass is 32.2. The number of amides is 2. The zero-order chi connectivity index (χ0) is 15.6. The monoisotopic (exact) mass is 314 g/mol. The van der Waals surface area contributed by atoms with Gasteiger partial charge in [-0.25, -0.2) is 8.42 Å². The molecule has 1 aromatic heterocycles. The van der Waals surface area contributed by atoms with E-state index in [1.807, 2.05) is 0 Å². The van der Waals surface area contributed by atoms with Crippen molar-refractivity contribution in [3.05, 3.63) is 17.5 Å². The van der Waals surface area contributed by atoms with Gasteiger partial charge in [-0.05, 0) is 19.4 Å². The predicted octanol–water partition coefficient (Wildman–Crippen LogP) is -1.24. The van der Waals surface area contributed by atoms with Crippen LogP contribution in [0.25, 0.3) is 0 Å². The van der Waals surface area contributed by atoms with Gasteiger partial charge in [-0.15, -0.1) is 0 Å². The summed E-state index contributed by atoms with van der Waals surface area (Å²) in [6, 6.07) is 1.26. The molecular formula is C12H18N4O4S. The fourth-order valence-corrected chi connectivity index (χ4v) is 3.94. The molecule has 2 rings (SSSR count). The van der Waals surface area contributed by atoms with Crippen LogP contribution in [0.2, 0.25) is 0 Å². The fourth-order valence-electron chi connectivity index (χ4n) is 2.26. The van der Waals surface area contributed by atoms with Gasteiger partial charge in [-0.2, -0.15) is 5.10 Å². The normalized spacial score (nSPS) is 20.2. The van der Waals surface area contributed by atoms with Crippen LogP contribution in [0, 0.1) is 6.92 Å². The molecule has 2 amide bonds. The summed E-state index contributed by atoms with van der Waals surface area (Å²) in [5, 5.41) is 9.14. The average molecular weight is 314 g/mol. The Morgan fingerprint density at radius 1 is 1.48 bits per heavy atom. The van der Waals surface area contributed by atoms with E-state index in [2.05, 4.69) is 15.7 Å². The first-order valence-corrected chi connectivity index (χ1v) is 8.37. The summed E-state index contributed by atoms with van der Waals surface area (Å²) in [5.74, 6) is -0.733. The molecule has 1 atom stereocenters. The molecule has 1 aliphatic rings. The third-order valence-electron chi connectivity index (χ3n) is 3.24. The van der Waals surface area contributed by atoms with E-state index in [0.29, 0.717) is 17.8 Å². The largest absolute Gasteiger partial charge is 0.351 e. The van der Waals surface area contributed by atoms with Crippen LogP contribution in [0.4, 0.5) is 0 Å². The molecule has 21 heavy (non-hydrogen) atoms. The summed E-state index contributed by atoms with van der Waals surface area (Å²) in [7, 11) is -1.39. The van der Waals surface area contributed by atoms with Gasteiger partial charge in [0.15, 0.2) is 9.84 Å². The van der Waals surface area contributed by atoms with Crippen LogP contribution in [0.5, 0.6) is 0 Å². The van der Waals surface area contributed by atoms with E-state index < -0.39 is 21.7 Å². The first-order chi connectivity index (χ1) is 9.77. The molecule has 2 heterocycles. The molecule has 0 spiro atoms. The molecule has 1 aromatic rings.